The summed E-state index contributed by atoms with van der Waals surface area (Å²) in [6.45, 7) is 4.86. The van der Waals surface area contributed by atoms with Crippen molar-refractivity contribution in [2.75, 3.05) is 39.9 Å². The molecule has 1 aliphatic heterocycles. The highest BCUT2D eigenvalue weighted by molar-refractivity contribution is 5.96. The zero-order valence-electron chi connectivity index (χ0n) is 35.6. The van der Waals surface area contributed by atoms with Gasteiger partial charge in [-0.25, -0.2) is 0 Å². The predicted molar refractivity (Wildman–Crippen MR) is 229 cm³/mol. The first-order valence-electron chi connectivity index (χ1n) is 21.6. The number of Topliss-reactive ketones (excluding diaryl/α,β-unsaturated/α-hetero) is 3. The molecule has 324 valence electrons. The van der Waals surface area contributed by atoms with Crippen molar-refractivity contribution in [3.63, 3.8) is 0 Å². The second-order valence-corrected chi connectivity index (χ2v) is 15.8. The molecule has 0 saturated heterocycles. The number of carbonyl (C=O) groups is 5. The Morgan fingerprint density at radius 1 is 0.847 bits per heavy atom. The number of rotatable bonds is 25. The van der Waals surface area contributed by atoms with Crippen molar-refractivity contribution in [2.45, 2.75) is 129 Å². The van der Waals surface area contributed by atoms with Crippen LogP contribution in [0.1, 0.15) is 127 Å². The number of amides is 2. The topological polar surface area (TPSA) is 221 Å². The number of nitrogens with two attached hydrogens (primary N) is 3. The Balaban J connectivity index is 2.05. The van der Waals surface area contributed by atoms with Crippen molar-refractivity contribution in [2.24, 2.45) is 29.0 Å². The van der Waals surface area contributed by atoms with Crippen LogP contribution in [0.3, 0.4) is 0 Å². The van der Waals surface area contributed by atoms with Crippen LogP contribution >= 0.6 is 0 Å². The maximum absolute atomic E-state index is 14.5. The summed E-state index contributed by atoms with van der Waals surface area (Å²) in [4.78, 5) is 70.7. The second-order valence-electron chi connectivity index (χ2n) is 15.8. The van der Waals surface area contributed by atoms with Gasteiger partial charge in [-0.1, -0.05) is 77.3 Å². The van der Waals surface area contributed by atoms with E-state index in [-0.39, 0.29) is 82.9 Å². The predicted octanol–water partition coefficient (Wildman–Crippen LogP) is 5.88. The molecule has 2 amide bonds. The molecule has 7 N–H and O–H groups in total. The number of likely N-dealkylation sites (N-methyl/N-ethyl adjacent to an activating group) is 1. The van der Waals surface area contributed by atoms with E-state index >= 15 is 0 Å². The molecule has 13 nitrogen and oxygen atoms in total. The monoisotopic (exact) mass is 817 g/mol. The molecule has 2 aromatic carbocycles. The number of ketones is 3. The molecular weight excluding hydrogens is 749 g/mol. The van der Waals surface area contributed by atoms with Gasteiger partial charge in [0, 0.05) is 75.2 Å². The Kier molecular flexibility index (Phi) is 21.9. The third-order valence-electron chi connectivity index (χ3n) is 10.9. The number of unbranched alkanes of at least 4 members (excludes halogenated alkanes) is 8. The van der Waals surface area contributed by atoms with E-state index in [1.54, 1.807) is 44.3 Å². The molecular formula is C46H68N6O7. The molecule has 3 rings (SSSR count). The SMILES string of the molecule is CCCCCCCCCCCC(=O)C[C@@H](CCN)C(=O)N(C)[C@@H]1C(=O)C[C@@H](C)C(=O)N[C@H](C(=O)CCC#N)Cc2ccc(OCCN)c(c2)-c2cc1ccc2OCCN. The lowest BCUT2D eigenvalue weighted by molar-refractivity contribution is -0.143. The summed E-state index contributed by atoms with van der Waals surface area (Å²) >= 11 is 0. The Morgan fingerprint density at radius 3 is 2.07 bits per heavy atom. The van der Waals surface area contributed by atoms with Crippen LogP contribution in [0.5, 0.6) is 11.5 Å². The average Bonchev–Trinajstić information content (AvgIpc) is 3.22. The van der Waals surface area contributed by atoms with Crippen LogP contribution in [-0.4, -0.2) is 80.0 Å². The molecule has 0 unspecified atom stereocenters. The number of benzene rings is 2. The quantitative estimate of drug-likeness (QED) is 0.0867. The third-order valence-corrected chi connectivity index (χ3v) is 10.9. The van der Waals surface area contributed by atoms with E-state index in [2.05, 4.69) is 12.2 Å². The number of carbonyl (C=O) groups excluding carboxylic acids is 5. The first kappa shape index (κ1) is 48.7. The first-order valence-corrected chi connectivity index (χ1v) is 21.6. The van der Waals surface area contributed by atoms with Crippen molar-refractivity contribution < 1.29 is 33.4 Å². The van der Waals surface area contributed by atoms with Gasteiger partial charge in [-0.2, -0.15) is 5.26 Å². The van der Waals surface area contributed by atoms with Crippen LogP contribution in [-0.2, 0) is 30.4 Å². The van der Waals surface area contributed by atoms with Crippen LogP contribution in [0.4, 0.5) is 0 Å². The highest BCUT2D eigenvalue weighted by atomic mass is 16.5. The average molecular weight is 817 g/mol. The standard InChI is InChI=1S/C46H68N6O7/c1-4-5-6-7-8-9-10-11-12-14-36(53)30-35(20-22-48)46(57)52(3)44-34-17-19-43(59-26-24-50)38(31-34)37-28-33(16-18-42(37)58-25-23-49)29-39(40(54)15-13-21-47)51-45(56)32(2)27-41(44)55/h16-19,28,31-32,35,39,44H,4-15,20,22-27,29-30,48-50H2,1-3H3,(H,51,56)/t32-,35-,39+,44+/m1/s1. The van der Waals surface area contributed by atoms with Crippen LogP contribution in [0.25, 0.3) is 11.1 Å². The Labute approximate surface area is 351 Å². The minimum atomic E-state index is -1.15. The van der Waals surface area contributed by atoms with Gasteiger partial charge < -0.3 is 36.9 Å². The van der Waals surface area contributed by atoms with Gasteiger partial charge in [0.15, 0.2) is 11.6 Å². The van der Waals surface area contributed by atoms with E-state index in [1.165, 1.54) is 37.0 Å². The lowest BCUT2D eigenvalue weighted by Gasteiger charge is -2.32. The minimum absolute atomic E-state index is 0.0109. The van der Waals surface area contributed by atoms with Gasteiger partial charge in [-0.3, -0.25) is 24.0 Å². The fourth-order valence-electron chi connectivity index (χ4n) is 7.65. The van der Waals surface area contributed by atoms with Gasteiger partial charge in [0.05, 0.1) is 12.1 Å². The molecule has 0 aliphatic carbocycles. The zero-order valence-corrected chi connectivity index (χ0v) is 35.6. The maximum atomic E-state index is 14.5. The zero-order chi connectivity index (χ0) is 43.2. The molecule has 2 aromatic rings. The van der Waals surface area contributed by atoms with E-state index < -0.39 is 41.5 Å². The van der Waals surface area contributed by atoms with E-state index in [0.29, 0.717) is 40.2 Å². The van der Waals surface area contributed by atoms with Crippen LogP contribution in [0.2, 0.25) is 0 Å². The molecule has 1 aliphatic rings. The summed E-state index contributed by atoms with van der Waals surface area (Å²) in [6.07, 6.45) is 10.6. The number of ether oxygens (including phenoxy) is 2. The molecule has 59 heavy (non-hydrogen) atoms. The van der Waals surface area contributed by atoms with Crippen LogP contribution in [0.15, 0.2) is 36.4 Å². The molecule has 13 heteroatoms. The summed E-state index contributed by atoms with van der Waals surface area (Å²) in [7, 11) is 1.55. The normalized spacial score (nSPS) is 17.3. The fraction of sp³-hybridized carbons (Fsp3) is 0.609. The van der Waals surface area contributed by atoms with E-state index in [4.69, 9.17) is 26.7 Å². The van der Waals surface area contributed by atoms with E-state index in [1.807, 2.05) is 12.1 Å². The number of nitrogens with one attached hydrogen (secondary N) is 1. The molecule has 0 radical (unpaired) electrons. The van der Waals surface area contributed by atoms with Crippen molar-refractivity contribution in [1.29, 1.82) is 5.26 Å². The summed E-state index contributed by atoms with van der Waals surface area (Å²) in [5, 5.41) is 12.0. The third kappa shape index (κ3) is 15.5. The second kappa shape index (κ2) is 26.5. The minimum Gasteiger partial charge on any atom is -0.492 e. The Bertz CT molecular complexity index is 1730. The number of nitrogens with zero attached hydrogens (tertiary/aromatic N) is 2. The van der Waals surface area contributed by atoms with Gasteiger partial charge in [0.2, 0.25) is 11.8 Å². The maximum Gasteiger partial charge on any atom is 0.226 e. The number of hydrogen-bond acceptors (Lipinski definition) is 11. The Morgan fingerprint density at radius 2 is 1.46 bits per heavy atom. The summed E-state index contributed by atoms with van der Waals surface area (Å²) < 4.78 is 12.2. The number of fused-ring (bicyclic) bond motifs is 5. The van der Waals surface area contributed by atoms with Crippen LogP contribution in [0, 0.1) is 23.2 Å². The molecule has 0 fully saturated rings. The summed E-state index contributed by atoms with van der Waals surface area (Å²) in [6, 6.07) is 10.5. The fourth-order valence-corrected chi connectivity index (χ4v) is 7.65. The molecule has 0 saturated carbocycles. The Hall–Kier alpha value is -4.64. The van der Waals surface area contributed by atoms with Crippen molar-refractivity contribution in [3.05, 3.63) is 47.5 Å². The number of nitriles is 1. The van der Waals surface area contributed by atoms with Gasteiger partial charge >= 0.3 is 0 Å². The molecule has 4 bridgehead atoms. The molecule has 1 heterocycles. The van der Waals surface area contributed by atoms with Crippen molar-refractivity contribution in [3.8, 4) is 28.7 Å². The van der Waals surface area contributed by atoms with Crippen LogP contribution < -0.4 is 32.0 Å². The highest BCUT2D eigenvalue weighted by Crippen LogP contribution is 2.41. The summed E-state index contributed by atoms with van der Waals surface area (Å²) in [5.41, 5.74) is 20.0. The number of hydrogen-bond donors (Lipinski definition) is 4. The summed E-state index contributed by atoms with van der Waals surface area (Å²) in [5.74, 6) is -2.32. The molecule has 4 atom stereocenters. The van der Waals surface area contributed by atoms with Crippen molar-refractivity contribution >= 4 is 29.2 Å². The first-order chi connectivity index (χ1) is 28.5. The molecule has 0 aromatic heterocycles. The van der Waals surface area contributed by atoms with E-state index in [9.17, 15) is 29.2 Å². The van der Waals surface area contributed by atoms with Crippen molar-refractivity contribution in [1.82, 2.24) is 10.2 Å². The van der Waals surface area contributed by atoms with Gasteiger partial charge in [0.1, 0.15) is 36.5 Å². The van der Waals surface area contributed by atoms with Gasteiger partial charge in [0.25, 0.3) is 0 Å². The largest absolute Gasteiger partial charge is 0.492 e. The lowest BCUT2D eigenvalue weighted by atomic mass is 9.88. The smallest absolute Gasteiger partial charge is 0.226 e. The van der Waals surface area contributed by atoms with Gasteiger partial charge in [-0.15, -0.1) is 0 Å². The van der Waals surface area contributed by atoms with E-state index in [0.717, 1.165) is 25.7 Å². The highest BCUT2D eigenvalue weighted by Gasteiger charge is 2.36. The van der Waals surface area contributed by atoms with Gasteiger partial charge in [-0.05, 0) is 61.2 Å². The lowest BCUT2D eigenvalue weighted by Crippen LogP contribution is -2.46. The molecule has 0 spiro atoms.